The van der Waals surface area contributed by atoms with E-state index in [-0.39, 0.29) is 11.7 Å². The number of nitrogens with zero attached hydrogens (tertiary/aromatic N) is 1. The van der Waals surface area contributed by atoms with Gasteiger partial charge in [0.2, 0.25) is 5.75 Å². The molecule has 0 saturated carbocycles. The highest BCUT2D eigenvalue weighted by atomic mass is 19.1. The van der Waals surface area contributed by atoms with Crippen LogP contribution in [-0.4, -0.2) is 58.3 Å². The lowest BCUT2D eigenvalue weighted by Gasteiger charge is -2.32. The minimum atomic E-state index is -0.338. The van der Waals surface area contributed by atoms with E-state index in [0.29, 0.717) is 35.9 Å². The van der Waals surface area contributed by atoms with Crippen LogP contribution in [0.5, 0.6) is 17.2 Å². The standard InChI is InChI=1S/C21H25FN2O4/c1-26-18-9-6-16(19(27-2)20(18)28-3)14-23-10-12-24(13-11-23)21(25)15-4-7-17(22)8-5-15/h4-9H,10-14H2,1-3H3/p+1. The number of ether oxygens (including phenoxy) is 3. The molecule has 0 atom stereocenters. The highest BCUT2D eigenvalue weighted by Gasteiger charge is 2.26. The van der Waals surface area contributed by atoms with Crippen molar-refractivity contribution in [3.8, 4) is 17.2 Å². The van der Waals surface area contributed by atoms with E-state index in [1.807, 2.05) is 17.0 Å². The largest absolute Gasteiger partial charge is 0.493 e. The highest BCUT2D eigenvalue weighted by molar-refractivity contribution is 5.94. The van der Waals surface area contributed by atoms with Gasteiger partial charge < -0.3 is 24.0 Å². The summed E-state index contributed by atoms with van der Waals surface area (Å²) in [5, 5.41) is 0. The number of nitrogens with one attached hydrogen (secondary N) is 1. The van der Waals surface area contributed by atoms with Gasteiger partial charge in [-0.3, -0.25) is 4.79 Å². The zero-order valence-corrected chi connectivity index (χ0v) is 16.5. The molecule has 1 aliphatic heterocycles. The van der Waals surface area contributed by atoms with E-state index in [1.165, 1.54) is 29.2 Å². The molecular formula is C21H26FN2O4+. The molecule has 1 aliphatic rings. The van der Waals surface area contributed by atoms with E-state index in [1.54, 1.807) is 21.3 Å². The van der Waals surface area contributed by atoms with Gasteiger partial charge in [0.1, 0.15) is 12.4 Å². The molecule has 1 amide bonds. The number of rotatable bonds is 6. The SMILES string of the molecule is COc1ccc(C[NH+]2CCN(C(=O)c3ccc(F)cc3)CC2)c(OC)c1OC. The average molecular weight is 389 g/mol. The summed E-state index contributed by atoms with van der Waals surface area (Å²) >= 11 is 0. The van der Waals surface area contributed by atoms with E-state index >= 15 is 0 Å². The first-order valence-corrected chi connectivity index (χ1v) is 9.23. The van der Waals surface area contributed by atoms with Crippen LogP contribution in [0.25, 0.3) is 0 Å². The zero-order valence-electron chi connectivity index (χ0n) is 16.5. The molecule has 6 nitrogen and oxygen atoms in total. The maximum atomic E-state index is 13.1. The van der Waals surface area contributed by atoms with Crippen molar-refractivity contribution in [2.75, 3.05) is 47.5 Å². The number of quaternary nitrogens is 1. The molecule has 1 fully saturated rings. The molecule has 1 heterocycles. The Labute approximate surface area is 164 Å². The van der Waals surface area contributed by atoms with Crippen LogP contribution in [0.4, 0.5) is 4.39 Å². The summed E-state index contributed by atoms with van der Waals surface area (Å²) in [4.78, 5) is 15.8. The van der Waals surface area contributed by atoms with Crippen molar-refractivity contribution in [3.63, 3.8) is 0 Å². The highest BCUT2D eigenvalue weighted by Crippen LogP contribution is 2.39. The summed E-state index contributed by atoms with van der Waals surface area (Å²) in [6.45, 7) is 3.72. The van der Waals surface area contributed by atoms with E-state index in [4.69, 9.17) is 14.2 Å². The molecule has 2 aromatic carbocycles. The van der Waals surface area contributed by atoms with Gasteiger partial charge >= 0.3 is 0 Å². The molecule has 1 N–H and O–H groups in total. The van der Waals surface area contributed by atoms with Crippen molar-refractivity contribution in [1.29, 1.82) is 0 Å². The van der Waals surface area contributed by atoms with E-state index in [9.17, 15) is 9.18 Å². The third-order valence-electron chi connectivity index (χ3n) is 5.08. The Morgan fingerprint density at radius 1 is 0.964 bits per heavy atom. The molecule has 28 heavy (non-hydrogen) atoms. The molecule has 0 aliphatic carbocycles. The van der Waals surface area contributed by atoms with Crippen LogP contribution in [0, 0.1) is 5.82 Å². The topological polar surface area (TPSA) is 52.4 Å². The number of methoxy groups -OCH3 is 3. The summed E-state index contributed by atoms with van der Waals surface area (Å²) in [6.07, 6.45) is 0. The summed E-state index contributed by atoms with van der Waals surface area (Å²) in [7, 11) is 4.81. The molecule has 0 radical (unpaired) electrons. The molecular weight excluding hydrogens is 363 g/mol. The molecule has 7 heteroatoms. The van der Waals surface area contributed by atoms with Crippen molar-refractivity contribution in [1.82, 2.24) is 4.90 Å². The van der Waals surface area contributed by atoms with Gasteiger partial charge in [0, 0.05) is 5.56 Å². The predicted octanol–water partition coefficient (Wildman–Crippen LogP) is 1.39. The zero-order chi connectivity index (χ0) is 20.1. The fourth-order valence-corrected chi connectivity index (χ4v) is 3.55. The molecule has 3 rings (SSSR count). The maximum Gasteiger partial charge on any atom is 0.254 e. The second-order valence-corrected chi connectivity index (χ2v) is 6.72. The Bertz CT molecular complexity index is 818. The Hall–Kier alpha value is -2.80. The van der Waals surface area contributed by atoms with Gasteiger partial charge in [0.05, 0.1) is 53.1 Å². The number of piperazine rings is 1. The van der Waals surface area contributed by atoms with E-state index in [0.717, 1.165) is 25.2 Å². The first-order chi connectivity index (χ1) is 13.6. The molecule has 0 unspecified atom stereocenters. The first-order valence-electron chi connectivity index (χ1n) is 9.23. The molecule has 0 aromatic heterocycles. The Kier molecular flexibility index (Phi) is 6.36. The number of hydrogen-bond donors (Lipinski definition) is 1. The van der Waals surface area contributed by atoms with Crippen LogP contribution in [0.15, 0.2) is 36.4 Å². The predicted molar refractivity (Wildman–Crippen MR) is 103 cm³/mol. The van der Waals surface area contributed by atoms with Gasteiger partial charge in [-0.15, -0.1) is 0 Å². The summed E-state index contributed by atoms with van der Waals surface area (Å²) in [5.74, 6) is 1.51. The van der Waals surface area contributed by atoms with Crippen LogP contribution in [0.2, 0.25) is 0 Å². The lowest BCUT2D eigenvalue weighted by molar-refractivity contribution is -0.917. The van der Waals surface area contributed by atoms with E-state index in [2.05, 4.69) is 0 Å². The summed E-state index contributed by atoms with van der Waals surface area (Å²) < 4.78 is 29.4. The van der Waals surface area contributed by atoms with Crippen molar-refractivity contribution in [3.05, 3.63) is 53.3 Å². The van der Waals surface area contributed by atoms with Crippen LogP contribution >= 0.6 is 0 Å². The first kappa shape index (κ1) is 19.9. The van der Waals surface area contributed by atoms with Crippen molar-refractivity contribution in [2.24, 2.45) is 0 Å². The van der Waals surface area contributed by atoms with Crippen molar-refractivity contribution < 1.29 is 28.3 Å². The summed E-state index contributed by atoms with van der Waals surface area (Å²) in [5.41, 5.74) is 1.56. The van der Waals surface area contributed by atoms with E-state index < -0.39 is 0 Å². The Balaban J connectivity index is 1.64. The number of hydrogen-bond acceptors (Lipinski definition) is 4. The van der Waals surface area contributed by atoms with Crippen LogP contribution in [-0.2, 0) is 6.54 Å². The maximum absolute atomic E-state index is 13.1. The van der Waals surface area contributed by atoms with Crippen molar-refractivity contribution in [2.45, 2.75) is 6.54 Å². The molecule has 0 bridgehead atoms. The van der Waals surface area contributed by atoms with Crippen molar-refractivity contribution >= 4 is 5.91 Å². The van der Waals surface area contributed by atoms with Gasteiger partial charge in [-0.25, -0.2) is 4.39 Å². The molecule has 1 saturated heterocycles. The lowest BCUT2D eigenvalue weighted by atomic mass is 10.1. The van der Waals surface area contributed by atoms with Gasteiger partial charge in [-0.1, -0.05) is 0 Å². The number of amides is 1. The Morgan fingerprint density at radius 3 is 2.18 bits per heavy atom. The normalized spacial score (nSPS) is 14.6. The van der Waals surface area contributed by atoms with Crippen LogP contribution in [0.1, 0.15) is 15.9 Å². The van der Waals surface area contributed by atoms with Gasteiger partial charge in [-0.2, -0.15) is 0 Å². The lowest BCUT2D eigenvalue weighted by Crippen LogP contribution is -3.13. The van der Waals surface area contributed by atoms with Gasteiger partial charge in [0.15, 0.2) is 11.5 Å². The second-order valence-electron chi connectivity index (χ2n) is 6.72. The smallest absolute Gasteiger partial charge is 0.254 e. The van der Waals surface area contributed by atoms with Crippen LogP contribution < -0.4 is 19.1 Å². The Morgan fingerprint density at radius 2 is 1.61 bits per heavy atom. The third kappa shape index (κ3) is 4.20. The minimum Gasteiger partial charge on any atom is -0.493 e. The average Bonchev–Trinajstić information content (AvgIpc) is 2.73. The van der Waals surface area contributed by atoms with Gasteiger partial charge in [-0.05, 0) is 36.4 Å². The molecule has 150 valence electrons. The minimum absolute atomic E-state index is 0.0530. The number of benzene rings is 2. The van der Waals surface area contributed by atoms with Crippen LogP contribution in [0.3, 0.4) is 0 Å². The van der Waals surface area contributed by atoms with Gasteiger partial charge in [0.25, 0.3) is 5.91 Å². The quantitative estimate of drug-likeness (QED) is 0.811. The monoisotopic (exact) mass is 389 g/mol. The second kappa shape index (κ2) is 8.93. The molecule has 0 spiro atoms. The number of carbonyl (C=O) groups excluding carboxylic acids is 1. The number of halogens is 1. The number of carbonyl (C=O) groups is 1. The fourth-order valence-electron chi connectivity index (χ4n) is 3.55. The molecule has 2 aromatic rings. The fraction of sp³-hybridized carbons (Fsp3) is 0.381. The summed E-state index contributed by atoms with van der Waals surface area (Å²) in [6, 6.07) is 9.57. The third-order valence-corrected chi connectivity index (χ3v) is 5.08.